The lowest BCUT2D eigenvalue weighted by molar-refractivity contribution is 0.491. The van der Waals surface area contributed by atoms with Crippen molar-refractivity contribution < 1.29 is 0 Å². The molecule has 1 rings (SSSR count). The summed E-state index contributed by atoms with van der Waals surface area (Å²) in [6.45, 7) is 5.38. The molecule has 0 saturated carbocycles. The fraction of sp³-hybridized carbons (Fsp3) is 0.556. The van der Waals surface area contributed by atoms with Gasteiger partial charge < -0.3 is 10.3 Å². The Kier molecular flexibility index (Phi) is 3.23. The summed E-state index contributed by atoms with van der Waals surface area (Å²) in [5.74, 6) is 0.730. The van der Waals surface area contributed by atoms with Gasteiger partial charge in [0.25, 0.3) is 0 Å². The Balaban J connectivity index is 2.59. The Morgan fingerprint density at radius 1 is 1.58 bits per heavy atom. The van der Waals surface area contributed by atoms with Gasteiger partial charge in [0.2, 0.25) is 0 Å². The van der Waals surface area contributed by atoms with Crippen LogP contribution in [0.2, 0.25) is 0 Å². The average molecular weight is 184 g/mol. The third-order valence-corrected chi connectivity index (χ3v) is 2.28. The van der Waals surface area contributed by atoms with Crippen LogP contribution in [0.15, 0.2) is 18.5 Å². The first-order valence-electron chi connectivity index (χ1n) is 4.11. The molecule has 68 valence electrons. The molecule has 1 aromatic heterocycles. The Labute approximate surface area is 79.2 Å². The third kappa shape index (κ3) is 2.29. The molecule has 0 saturated heterocycles. The predicted octanol–water partition coefficient (Wildman–Crippen LogP) is 1.77. The maximum Gasteiger partial charge on any atom is 0.0387 e. The second-order valence-corrected chi connectivity index (χ2v) is 3.88. The van der Waals surface area contributed by atoms with Crippen molar-refractivity contribution >= 4 is 12.6 Å². The lowest BCUT2D eigenvalue weighted by Gasteiger charge is -2.23. The first-order chi connectivity index (χ1) is 5.67. The Morgan fingerprint density at radius 3 is 2.83 bits per heavy atom. The standard InChI is InChI=1S/C9H16N2S/c1-9(2,6-11-7-12)8-3-4-10-5-8/h3-5,10-12H,6-7H2,1-2H3. The van der Waals surface area contributed by atoms with Crippen molar-refractivity contribution in [2.24, 2.45) is 0 Å². The molecule has 1 heterocycles. The molecule has 0 aromatic carbocycles. The van der Waals surface area contributed by atoms with E-state index >= 15 is 0 Å². The van der Waals surface area contributed by atoms with Crippen LogP contribution in [-0.2, 0) is 5.41 Å². The van der Waals surface area contributed by atoms with E-state index in [1.54, 1.807) is 0 Å². The number of hydrogen-bond donors (Lipinski definition) is 3. The Hall–Kier alpha value is -0.410. The van der Waals surface area contributed by atoms with Crippen LogP contribution < -0.4 is 5.32 Å². The van der Waals surface area contributed by atoms with Crippen molar-refractivity contribution in [3.05, 3.63) is 24.0 Å². The molecule has 0 spiro atoms. The highest BCUT2D eigenvalue weighted by atomic mass is 32.1. The molecule has 0 amide bonds. The van der Waals surface area contributed by atoms with Crippen molar-refractivity contribution in [3.63, 3.8) is 0 Å². The SMILES string of the molecule is CC(C)(CNCS)c1cc[nH]c1. The fourth-order valence-electron chi connectivity index (χ4n) is 1.22. The molecule has 0 radical (unpaired) electrons. The maximum absolute atomic E-state index is 4.11. The zero-order valence-electron chi connectivity index (χ0n) is 7.59. The van der Waals surface area contributed by atoms with Crippen molar-refractivity contribution in [2.45, 2.75) is 19.3 Å². The van der Waals surface area contributed by atoms with Gasteiger partial charge in [0, 0.05) is 30.2 Å². The summed E-state index contributed by atoms with van der Waals surface area (Å²) >= 11 is 4.11. The zero-order valence-corrected chi connectivity index (χ0v) is 8.49. The normalized spacial score (nSPS) is 11.9. The van der Waals surface area contributed by atoms with E-state index < -0.39 is 0 Å². The topological polar surface area (TPSA) is 27.8 Å². The molecule has 3 heteroatoms. The Bertz CT molecular complexity index is 216. The van der Waals surface area contributed by atoms with Gasteiger partial charge in [-0.3, -0.25) is 0 Å². The van der Waals surface area contributed by atoms with Crippen LogP contribution in [0.4, 0.5) is 0 Å². The number of H-pyrrole nitrogens is 1. The highest BCUT2D eigenvalue weighted by molar-refractivity contribution is 7.80. The number of rotatable bonds is 4. The molecule has 0 aliphatic carbocycles. The zero-order chi connectivity index (χ0) is 9.03. The van der Waals surface area contributed by atoms with E-state index in [9.17, 15) is 0 Å². The van der Waals surface area contributed by atoms with Crippen LogP contribution in [0.25, 0.3) is 0 Å². The van der Waals surface area contributed by atoms with Gasteiger partial charge in [-0.15, -0.1) is 0 Å². The van der Waals surface area contributed by atoms with Crippen molar-refractivity contribution in [1.29, 1.82) is 0 Å². The minimum absolute atomic E-state index is 0.183. The molecule has 0 atom stereocenters. The molecular formula is C9H16N2S. The van der Waals surface area contributed by atoms with E-state index in [0.29, 0.717) is 0 Å². The van der Waals surface area contributed by atoms with Crippen LogP contribution in [0.3, 0.4) is 0 Å². The summed E-state index contributed by atoms with van der Waals surface area (Å²) < 4.78 is 0. The summed E-state index contributed by atoms with van der Waals surface area (Å²) in [5, 5.41) is 3.23. The maximum atomic E-state index is 4.11. The summed E-state index contributed by atoms with van der Waals surface area (Å²) in [6, 6.07) is 2.11. The molecule has 0 fully saturated rings. The van der Waals surface area contributed by atoms with Gasteiger partial charge >= 0.3 is 0 Å². The lowest BCUT2D eigenvalue weighted by atomic mass is 9.87. The summed E-state index contributed by atoms with van der Waals surface area (Å²) in [5.41, 5.74) is 1.51. The van der Waals surface area contributed by atoms with Crippen LogP contribution in [0, 0.1) is 0 Å². The first-order valence-corrected chi connectivity index (χ1v) is 4.75. The molecule has 12 heavy (non-hydrogen) atoms. The number of aromatic nitrogens is 1. The second-order valence-electron chi connectivity index (χ2n) is 3.57. The predicted molar refractivity (Wildman–Crippen MR) is 55.7 cm³/mol. The lowest BCUT2D eigenvalue weighted by Crippen LogP contribution is -2.31. The highest BCUT2D eigenvalue weighted by Gasteiger charge is 2.19. The van der Waals surface area contributed by atoms with Gasteiger partial charge in [-0.2, -0.15) is 12.6 Å². The number of thiol groups is 1. The monoisotopic (exact) mass is 184 g/mol. The fourth-order valence-corrected chi connectivity index (χ4v) is 1.33. The molecule has 0 bridgehead atoms. The molecule has 2 nitrogen and oxygen atoms in total. The van der Waals surface area contributed by atoms with Crippen LogP contribution in [-0.4, -0.2) is 17.4 Å². The molecule has 0 unspecified atom stereocenters. The molecular weight excluding hydrogens is 168 g/mol. The van der Waals surface area contributed by atoms with E-state index in [2.05, 4.69) is 42.8 Å². The molecule has 1 aromatic rings. The molecule has 0 aliphatic rings. The second kappa shape index (κ2) is 4.01. The van der Waals surface area contributed by atoms with Gasteiger partial charge in [-0.25, -0.2) is 0 Å². The summed E-state index contributed by atoms with van der Waals surface area (Å²) in [7, 11) is 0. The van der Waals surface area contributed by atoms with Gasteiger partial charge in [0.1, 0.15) is 0 Å². The van der Waals surface area contributed by atoms with Crippen LogP contribution >= 0.6 is 12.6 Å². The van der Waals surface area contributed by atoms with Crippen LogP contribution in [0.5, 0.6) is 0 Å². The van der Waals surface area contributed by atoms with Crippen LogP contribution in [0.1, 0.15) is 19.4 Å². The van der Waals surface area contributed by atoms with Crippen molar-refractivity contribution in [1.82, 2.24) is 10.3 Å². The van der Waals surface area contributed by atoms with E-state index in [-0.39, 0.29) is 5.41 Å². The molecule has 2 N–H and O–H groups in total. The number of hydrogen-bond acceptors (Lipinski definition) is 2. The summed E-state index contributed by atoms with van der Waals surface area (Å²) in [6.07, 6.45) is 4.00. The van der Waals surface area contributed by atoms with Gasteiger partial charge in [-0.1, -0.05) is 13.8 Å². The number of nitrogens with one attached hydrogen (secondary N) is 2. The third-order valence-electron chi connectivity index (χ3n) is 2.06. The highest BCUT2D eigenvalue weighted by Crippen LogP contribution is 2.21. The van der Waals surface area contributed by atoms with E-state index in [1.807, 2.05) is 12.4 Å². The first kappa shape index (κ1) is 9.68. The van der Waals surface area contributed by atoms with Crippen molar-refractivity contribution in [3.8, 4) is 0 Å². The van der Waals surface area contributed by atoms with E-state index in [4.69, 9.17) is 0 Å². The minimum atomic E-state index is 0.183. The largest absolute Gasteiger partial charge is 0.367 e. The average Bonchev–Trinajstić information content (AvgIpc) is 2.53. The van der Waals surface area contributed by atoms with Gasteiger partial charge in [-0.05, 0) is 11.6 Å². The van der Waals surface area contributed by atoms with E-state index in [1.165, 1.54) is 5.56 Å². The molecule has 0 aliphatic heterocycles. The quantitative estimate of drug-likeness (QED) is 0.483. The smallest absolute Gasteiger partial charge is 0.0387 e. The minimum Gasteiger partial charge on any atom is -0.367 e. The summed E-state index contributed by atoms with van der Waals surface area (Å²) in [4.78, 5) is 3.07. The van der Waals surface area contributed by atoms with Crippen molar-refractivity contribution in [2.75, 3.05) is 12.4 Å². The van der Waals surface area contributed by atoms with Gasteiger partial charge in [0.05, 0.1) is 0 Å². The van der Waals surface area contributed by atoms with E-state index in [0.717, 1.165) is 12.4 Å². The Morgan fingerprint density at radius 2 is 2.33 bits per heavy atom. The number of aromatic amines is 1. The van der Waals surface area contributed by atoms with Gasteiger partial charge in [0.15, 0.2) is 0 Å².